The zero-order valence-electron chi connectivity index (χ0n) is 12.9. The highest BCUT2D eigenvalue weighted by molar-refractivity contribution is 5.24. The largest absolute Gasteiger partial charge is 0.469 e. The van der Waals surface area contributed by atoms with Crippen LogP contribution in [0.3, 0.4) is 0 Å². The topological polar surface area (TPSA) is 28.4 Å². The van der Waals surface area contributed by atoms with Crippen LogP contribution in [0, 0.1) is 5.92 Å². The molecule has 0 aromatic carbocycles. The third kappa shape index (κ3) is 2.94. The van der Waals surface area contributed by atoms with Crippen LogP contribution in [-0.4, -0.2) is 30.6 Å². The van der Waals surface area contributed by atoms with Gasteiger partial charge in [-0.1, -0.05) is 6.92 Å². The van der Waals surface area contributed by atoms with Crippen molar-refractivity contribution in [2.24, 2.45) is 5.92 Å². The Morgan fingerprint density at radius 1 is 1.40 bits per heavy atom. The summed E-state index contributed by atoms with van der Waals surface area (Å²) >= 11 is 0. The van der Waals surface area contributed by atoms with Crippen molar-refractivity contribution in [3.05, 3.63) is 23.7 Å². The number of nitrogens with zero attached hydrogens (tertiary/aromatic N) is 1. The van der Waals surface area contributed by atoms with Gasteiger partial charge in [0.2, 0.25) is 0 Å². The molecule has 0 saturated carbocycles. The van der Waals surface area contributed by atoms with Gasteiger partial charge in [-0.2, -0.15) is 0 Å². The zero-order valence-corrected chi connectivity index (χ0v) is 12.9. The fourth-order valence-corrected chi connectivity index (χ4v) is 3.90. The Labute approximate surface area is 122 Å². The van der Waals surface area contributed by atoms with Gasteiger partial charge in [-0.15, -0.1) is 0 Å². The van der Waals surface area contributed by atoms with Crippen LogP contribution in [0.1, 0.15) is 56.9 Å². The Morgan fingerprint density at radius 3 is 3.15 bits per heavy atom. The first kappa shape index (κ1) is 14.2. The van der Waals surface area contributed by atoms with E-state index in [4.69, 9.17) is 4.42 Å². The van der Waals surface area contributed by atoms with Gasteiger partial charge in [0.15, 0.2) is 0 Å². The lowest BCUT2D eigenvalue weighted by atomic mass is 9.88. The van der Waals surface area contributed by atoms with Gasteiger partial charge >= 0.3 is 0 Å². The maximum atomic E-state index is 5.60. The molecule has 1 fully saturated rings. The van der Waals surface area contributed by atoms with Crippen molar-refractivity contribution in [1.29, 1.82) is 0 Å². The van der Waals surface area contributed by atoms with Gasteiger partial charge in [0, 0.05) is 30.6 Å². The first-order valence-electron chi connectivity index (χ1n) is 8.32. The standard InChI is InChI=1S/C17H28N2O/c1-3-19-10-5-6-14(12-19)13(2)18-16-7-4-8-17-15(16)9-11-20-17/h9,11,13-14,16,18H,3-8,10,12H2,1-2H3. The first-order valence-corrected chi connectivity index (χ1v) is 8.32. The molecule has 2 heterocycles. The van der Waals surface area contributed by atoms with E-state index in [1.54, 1.807) is 0 Å². The first-order chi connectivity index (χ1) is 9.78. The smallest absolute Gasteiger partial charge is 0.108 e. The van der Waals surface area contributed by atoms with Crippen molar-refractivity contribution in [3.63, 3.8) is 0 Å². The van der Waals surface area contributed by atoms with E-state index in [1.165, 1.54) is 56.6 Å². The Morgan fingerprint density at radius 2 is 2.30 bits per heavy atom. The van der Waals surface area contributed by atoms with Crippen LogP contribution in [0.2, 0.25) is 0 Å². The minimum absolute atomic E-state index is 0.504. The molecule has 3 unspecified atom stereocenters. The van der Waals surface area contributed by atoms with Gasteiger partial charge in [-0.3, -0.25) is 0 Å². The van der Waals surface area contributed by atoms with E-state index in [0.717, 1.165) is 12.3 Å². The van der Waals surface area contributed by atoms with Crippen molar-refractivity contribution in [1.82, 2.24) is 10.2 Å². The summed E-state index contributed by atoms with van der Waals surface area (Å²) in [5.74, 6) is 2.00. The van der Waals surface area contributed by atoms with Crippen LogP contribution >= 0.6 is 0 Å². The van der Waals surface area contributed by atoms with Gasteiger partial charge in [0.1, 0.15) is 5.76 Å². The molecule has 112 valence electrons. The second-order valence-corrected chi connectivity index (χ2v) is 6.49. The lowest BCUT2D eigenvalue weighted by molar-refractivity contribution is 0.150. The predicted molar refractivity (Wildman–Crippen MR) is 81.8 cm³/mol. The van der Waals surface area contributed by atoms with Crippen LogP contribution in [0.5, 0.6) is 0 Å². The van der Waals surface area contributed by atoms with E-state index in [9.17, 15) is 0 Å². The average Bonchev–Trinajstić information content (AvgIpc) is 2.97. The number of hydrogen-bond donors (Lipinski definition) is 1. The number of aryl methyl sites for hydroxylation is 1. The number of furan rings is 1. The summed E-state index contributed by atoms with van der Waals surface area (Å²) in [7, 11) is 0. The molecule has 20 heavy (non-hydrogen) atoms. The second kappa shape index (κ2) is 6.31. The fraction of sp³-hybridized carbons (Fsp3) is 0.765. The molecular weight excluding hydrogens is 248 g/mol. The van der Waals surface area contributed by atoms with Crippen LogP contribution < -0.4 is 5.32 Å². The molecule has 0 bridgehead atoms. The molecule has 3 nitrogen and oxygen atoms in total. The number of likely N-dealkylation sites (tertiary alicyclic amines) is 1. The molecule has 1 aliphatic heterocycles. The average molecular weight is 276 g/mol. The lowest BCUT2D eigenvalue weighted by Gasteiger charge is -2.37. The van der Waals surface area contributed by atoms with Gasteiger partial charge in [0.25, 0.3) is 0 Å². The molecule has 3 atom stereocenters. The van der Waals surface area contributed by atoms with Crippen molar-refractivity contribution >= 4 is 0 Å². The molecular formula is C17H28N2O. The molecule has 1 saturated heterocycles. The van der Waals surface area contributed by atoms with Crippen molar-refractivity contribution in [3.8, 4) is 0 Å². The molecule has 1 N–H and O–H groups in total. The number of piperidine rings is 1. The monoisotopic (exact) mass is 276 g/mol. The normalized spacial score (nSPS) is 29.1. The minimum atomic E-state index is 0.504. The highest BCUT2D eigenvalue weighted by Crippen LogP contribution is 2.32. The van der Waals surface area contributed by atoms with Gasteiger partial charge < -0.3 is 14.6 Å². The SMILES string of the molecule is CCN1CCCC(C(C)NC2CCCc3occc32)C1. The molecule has 3 heteroatoms. The third-order valence-corrected chi connectivity index (χ3v) is 5.21. The lowest BCUT2D eigenvalue weighted by Crippen LogP contribution is -2.45. The van der Waals surface area contributed by atoms with Crippen LogP contribution in [0.25, 0.3) is 0 Å². The quantitative estimate of drug-likeness (QED) is 0.914. The number of nitrogens with one attached hydrogen (secondary N) is 1. The summed E-state index contributed by atoms with van der Waals surface area (Å²) in [5, 5.41) is 3.89. The van der Waals surface area contributed by atoms with E-state index in [2.05, 4.69) is 30.1 Å². The van der Waals surface area contributed by atoms with Gasteiger partial charge in [0.05, 0.1) is 6.26 Å². The van der Waals surface area contributed by atoms with Crippen LogP contribution in [0.15, 0.2) is 16.7 Å². The highest BCUT2D eigenvalue weighted by Gasteiger charge is 2.28. The Balaban J connectivity index is 1.61. The van der Waals surface area contributed by atoms with E-state index < -0.39 is 0 Å². The molecule has 0 amide bonds. The zero-order chi connectivity index (χ0) is 13.9. The van der Waals surface area contributed by atoms with Gasteiger partial charge in [-0.05, 0) is 57.7 Å². The predicted octanol–water partition coefficient (Wildman–Crippen LogP) is 3.37. The van der Waals surface area contributed by atoms with Crippen molar-refractivity contribution in [2.45, 2.75) is 58.0 Å². The molecule has 1 aromatic heterocycles. The number of fused-ring (bicyclic) bond motifs is 1. The van der Waals surface area contributed by atoms with E-state index in [1.807, 2.05) is 6.26 Å². The maximum Gasteiger partial charge on any atom is 0.108 e. The third-order valence-electron chi connectivity index (χ3n) is 5.21. The maximum absolute atomic E-state index is 5.60. The Kier molecular flexibility index (Phi) is 4.47. The van der Waals surface area contributed by atoms with Crippen molar-refractivity contribution in [2.75, 3.05) is 19.6 Å². The summed E-state index contributed by atoms with van der Waals surface area (Å²) in [6, 6.07) is 3.26. The molecule has 0 spiro atoms. The summed E-state index contributed by atoms with van der Waals surface area (Å²) < 4.78 is 5.60. The minimum Gasteiger partial charge on any atom is -0.469 e. The molecule has 1 aliphatic carbocycles. The molecule has 1 aromatic rings. The van der Waals surface area contributed by atoms with E-state index >= 15 is 0 Å². The molecule has 2 aliphatic rings. The van der Waals surface area contributed by atoms with Gasteiger partial charge in [-0.25, -0.2) is 0 Å². The summed E-state index contributed by atoms with van der Waals surface area (Å²) in [4.78, 5) is 2.59. The summed E-state index contributed by atoms with van der Waals surface area (Å²) in [5.41, 5.74) is 1.41. The van der Waals surface area contributed by atoms with E-state index in [0.29, 0.717) is 12.1 Å². The van der Waals surface area contributed by atoms with Crippen LogP contribution in [-0.2, 0) is 6.42 Å². The van der Waals surface area contributed by atoms with E-state index in [-0.39, 0.29) is 0 Å². The Hall–Kier alpha value is -0.800. The fourth-order valence-electron chi connectivity index (χ4n) is 3.90. The summed E-state index contributed by atoms with van der Waals surface area (Å²) in [6.45, 7) is 8.39. The number of hydrogen-bond acceptors (Lipinski definition) is 3. The molecule has 0 radical (unpaired) electrons. The molecule has 3 rings (SSSR count). The summed E-state index contributed by atoms with van der Waals surface area (Å²) in [6.07, 6.45) is 8.19. The van der Waals surface area contributed by atoms with Crippen LogP contribution in [0.4, 0.5) is 0 Å². The second-order valence-electron chi connectivity index (χ2n) is 6.49. The highest BCUT2D eigenvalue weighted by atomic mass is 16.3. The van der Waals surface area contributed by atoms with Crippen molar-refractivity contribution < 1.29 is 4.42 Å². The number of rotatable bonds is 4. The Bertz CT molecular complexity index is 428.